The highest BCUT2D eigenvalue weighted by Gasteiger charge is 2.45. The predicted octanol–water partition coefficient (Wildman–Crippen LogP) is 0.403. The summed E-state index contributed by atoms with van der Waals surface area (Å²) in [7, 11) is 0. The number of nitrogens with one attached hydrogen (secondary N) is 1. The van der Waals surface area contributed by atoms with Crippen LogP contribution in [0.2, 0.25) is 0 Å². The Labute approximate surface area is 59.7 Å². The van der Waals surface area contributed by atoms with Gasteiger partial charge in [-0.1, -0.05) is 12.8 Å². The van der Waals surface area contributed by atoms with Crippen LogP contribution in [0.25, 0.3) is 0 Å². The SMILES string of the molecule is O=C1OCNC12CCCC2. The summed E-state index contributed by atoms with van der Waals surface area (Å²) in [5.41, 5.74) is -0.264. The summed E-state index contributed by atoms with van der Waals surface area (Å²) in [5.74, 6) is -0.0370. The molecule has 1 spiro atoms. The van der Waals surface area contributed by atoms with Crippen molar-refractivity contribution in [2.45, 2.75) is 31.2 Å². The molecule has 1 N–H and O–H groups in total. The zero-order valence-corrected chi connectivity index (χ0v) is 5.85. The van der Waals surface area contributed by atoms with Gasteiger partial charge in [0.05, 0.1) is 0 Å². The molecule has 1 aliphatic carbocycles. The van der Waals surface area contributed by atoms with Crippen molar-refractivity contribution in [2.75, 3.05) is 6.73 Å². The van der Waals surface area contributed by atoms with Crippen LogP contribution in [0.4, 0.5) is 0 Å². The minimum atomic E-state index is -0.264. The number of cyclic esters (lactones) is 1. The molecule has 2 aliphatic rings. The van der Waals surface area contributed by atoms with Crippen LogP contribution in [0.3, 0.4) is 0 Å². The fourth-order valence-corrected chi connectivity index (χ4v) is 1.81. The van der Waals surface area contributed by atoms with Gasteiger partial charge in [-0.15, -0.1) is 0 Å². The summed E-state index contributed by atoms with van der Waals surface area (Å²) in [6.45, 7) is 0.416. The lowest BCUT2D eigenvalue weighted by Gasteiger charge is -2.16. The smallest absolute Gasteiger partial charge is 0.327 e. The zero-order chi connectivity index (χ0) is 7.03. The largest absolute Gasteiger partial charge is 0.448 e. The maximum atomic E-state index is 11.1. The van der Waals surface area contributed by atoms with Gasteiger partial charge in [-0.2, -0.15) is 0 Å². The summed E-state index contributed by atoms with van der Waals surface area (Å²) < 4.78 is 4.84. The van der Waals surface area contributed by atoms with Crippen molar-refractivity contribution in [1.82, 2.24) is 5.32 Å². The molecule has 0 atom stereocenters. The second-order valence-corrected chi connectivity index (χ2v) is 3.04. The van der Waals surface area contributed by atoms with Crippen molar-refractivity contribution >= 4 is 5.97 Å². The number of rotatable bonds is 0. The predicted molar refractivity (Wildman–Crippen MR) is 35.3 cm³/mol. The first-order valence-corrected chi connectivity index (χ1v) is 3.76. The van der Waals surface area contributed by atoms with Crippen LogP contribution in [0.1, 0.15) is 25.7 Å². The molecule has 3 heteroatoms. The Morgan fingerprint density at radius 2 is 2.10 bits per heavy atom. The van der Waals surface area contributed by atoms with E-state index in [1.54, 1.807) is 0 Å². The number of carbonyl (C=O) groups is 1. The van der Waals surface area contributed by atoms with E-state index in [0.717, 1.165) is 25.7 Å². The van der Waals surface area contributed by atoms with Crippen molar-refractivity contribution in [1.29, 1.82) is 0 Å². The van der Waals surface area contributed by atoms with Crippen LogP contribution >= 0.6 is 0 Å². The molecule has 0 bridgehead atoms. The number of hydrogen-bond donors (Lipinski definition) is 1. The monoisotopic (exact) mass is 141 g/mol. The summed E-state index contributed by atoms with van der Waals surface area (Å²) in [5, 5.41) is 3.11. The second kappa shape index (κ2) is 1.95. The third-order valence-electron chi connectivity index (χ3n) is 2.46. The Kier molecular flexibility index (Phi) is 1.20. The van der Waals surface area contributed by atoms with Gasteiger partial charge in [0.25, 0.3) is 0 Å². The van der Waals surface area contributed by atoms with Crippen LogP contribution in [0, 0.1) is 0 Å². The third kappa shape index (κ3) is 0.669. The van der Waals surface area contributed by atoms with Crippen molar-refractivity contribution in [2.24, 2.45) is 0 Å². The third-order valence-corrected chi connectivity index (χ3v) is 2.46. The van der Waals surface area contributed by atoms with E-state index in [-0.39, 0.29) is 11.5 Å². The van der Waals surface area contributed by atoms with E-state index < -0.39 is 0 Å². The van der Waals surface area contributed by atoms with Crippen LogP contribution in [-0.4, -0.2) is 18.2 Å². The summed E-state index contributed by atoms with van der Waals surface area (Å²) in [6, 6.07) is 0. The highest BCUT2D eigenvalue weighted by molar-refractivity contribution is 5.82. The fourth-order valence-electron chi connectivity index (χ4n) is 1.81. The lowest BCUT2D eigenvalue weighted by atomic mass is 10.00. The van der Waals surface area contributed by atoms with Gasteiger partial charge in [0.1, 0.15) is 12.3 Å². The van der Waals surface area contributed by atoms with E-state index >= 15 is 0 Å². The van der Waals surface area contributed by atoms with E-state index in [0.29, 0.717) is 6.73 Å². The maximum absolute atomic E-state index is 11.1. The van der Waals surface area contributed by atoms with E-state index in [1.807, 2.05) is 0 Å². The maximum Gasteiger partial charge on any atom is 0.327 e. The molecular formula is C7H11NO2. The summed E-state index contributed by atoms with van der Waals surface area (Å²) in [6.07, 6.45) is 4.24. The minimum Gasteiger partial charge on any atom is -0.448 e. The van der Waals surface area contributed by atoms with Gasteiger partial charge in [-0.05, 0) is 12.8 Å². The van der Waals surface area contributed by atoms with Gasteiger partial charge < -0.3 is 4.74 Å². The van der Waals surface area contributed by atoms with E-state index in [1.165, 1.54) is 0 Å². The van der Waals surface area contributed by atoms with E-state index in [4.69, 9.17) is 4.74 Å². The molecule has 3 nitrogen and oxygen atoms in total. The first kappa shape index (κ1) is 6.16. The lowest BCUT2D eigenvalue weighted by molar-refractivity contribution is -0.142. The molecule has 10 heavy (non-hydrogen) atoms. The van der Waals surface area contributed by atoms with Gasteiger partial charge in [0.15, 0.2) is 0 Å². The quantitative estimate of drug-likeness (QED) is 0.496. The van der Waals surface area contributed by atoms with Gasteiger partial charge in [0, 0.05) is 0 Å². The number of hydrogen-bond acceptors (Lipinski definition) is 3. The van der Waals surface area contributed by atoms with E-state index in [9.17, 15) is 4.79 Å². The molecule has 2 rings (SSSR count). The Hall–Kier alpha value is -0.570. The molecule has 0 radical (unpaired) electrons. The Morgan fingerprint density at radius 3 is 2.60 bits per heavy atom. The fraction of sp³-hybridized carbons (Fsp3) is 0.857. The van der Waals surface area contributed by atoms with E-state index in [2.05, 4.69) is 5.32 Å². The van der Waals surface area contributed by atoms with Crippen molar-refractivity contribution < 1.29 is 9.53 Å². The topological polar surface area (TPSA) is 38.3 Å². The van der Waals surface area contributed by atoms with Gasteiger partial charge in [-0.3, -0.25) is 5.32 Å². The van der Waals surface area contributed by atoms with Crippen molar-refractivity contribution in [3.63, 3.8) is 0 Å². The van der Waals surface area contributed by atoms with Gasteiger partial charge in [0.2, 0.25) is 0 Å². The molecular weight excluding hydrogens is 130 g/mol. The average Bonchev–Trinajstić information content (AvgIpc) is 2.48. The minimum absolute atomic E-state index is 0.0370. The summed E-state index contributed by atoms with van der Waals surface area (Å²) >= 11 is 0. The molecule has 1 aliphatic heterocycles. The highest BCUT2D eigenvalue weighted by Crippen LogP contribution is 2.32. The molecule has 1 saturated carbocycles. The molecule has 0 amide bonds. The molecule has 2 fully saturated rings. The Morgan fingerprint density at radius 1 is 1.40 bits per heavy atom. The molecule has 0 aromatic rings. The Bertz CT molecular complexity index is 155. The first-order chi connectivity index (χ1) is 4.83. The molecule has 1 saturated heterocycles. The standard InChI is InChI=1S/C7H11NO2/c9-6-7(8-5-10-6)3-1-2-4-7/h8H,1-5H2. The number of ether oxygens (including phenoxy) is 1. The van der Waals surface area contributed by atoms with Crippen LogP contribution in [0.5, 0.6) is 0 Å². The van der Waals surface area contributed by atoms with Crippen LogP contribution in [-0.2, 0) is 9.53 Å². The lowest BCUT2D eigenvalue weighted by Crippen LogP contribution is -2.42. The van der Waals surface area contributed by atoms with Gasteiger partial charge in [-0.25, -0.2) is 4.79 Å². The molecule has 0 aromatic carbocycles. The average molecular weight is 141 g/mol. The molecule has 56 valence electrons. The normalized spacial score (nSPS) is 29.4. The number of esters is 1. The molecule has 0 aromatic heterocycles. The number of carbonyl (C=O) groups excluding carboxylic acids is 1. The van der Waals surface area contributed by atoms with Crippen LogP contribution in [0.15, 0.2) is 0 Å². The first-order valence-electron chi connectivity index (χ1n) is 3.76. The van der Waals surface area contributed by atoms with Crippen LogP contribution < -0.4 is 5.32 Å². The molecule has 0 unspecified atom stereocenters. The molecule has 1 heterocycles. The zero-order valence-electron chi connectivity index (χ0n) is 5.85. The van der Waals surface area contributed by atoms with Gasteiger partial charge >= 0.3 is 5.97 Å². The second-order valence-electron chi connectivity index (χ2n) is 3.04. The summed E-state index contributed by atoms with van der Waals surface area (Å²) in [4.78, 5) is 11.1. The highest BCUT2D eigenvalue weighted by atomic mass is 16.6. The van der Waals surface area contributed by atoms with Crippen molar-refractivity contribution in [3.8, 4) is 0 Å². The van der Waals surface area contributed by atoms with Crippen molar-refractivity contribution in [3.05, 3.63) is 0 Å². The Balaban J connectivity index is 2.19.